The fraction of sp³-hybridized carbons (Fsp3) is 0.438. The smallest absolute Gasteiger partial charge is 0.326 e. The summed E-state index contributed by atoms with van der Waals surface area (Å²) in [5.41, 5.74) is 0.558. The molecule has 5 nitrogen and oxygen atoms in total. The van der Waals surface area contributed by atoms with Gasteiger partial charge < -0.3 is 10.4 Å². The predicted octanol–water partition coefficient (Wildman–Crippen LogP) is 2.27. The standard InChI is InChI=1S/C16H21NO4/c1-11(2)10-13(16(20)21)17-15(19)9-8-14(18)12-6-4-3-5-7-12/h3-7,11,13H,8-10H2,1-2H3,(H,17,19)(H,20,21)/t13-/m0/s1. The molecule has 0 spiro atoms. The monoisotopic (exact) mass is 291 g/mol. The zero-order chi connectivity index (χ0) is 15.8. The average molecular weight is 291 g/mol. The van der Waals surface area contributed by atoms with E-state index in [9.17, 15) is 14.4 Å². The van der Waals surface area contributed by atoms with Crippen molar-refractivity contribution >= 4 is 17.7 Å². The zero-order valence-corrected chi connectivity index (χ0v) is 12.3. The summed E-state index contributed by atoms with van der Waals surface area (Å²) in [7, 11) is 0. The van der Waals surface area contributed by atoms with Crippen LogP contribution in [0.2, 0.25) is 0 Å². The highest BCUT2D eigenvalue weighted by atomic mass is 16.4. The Morgan fingerprint density at radius 3 is 2.24 bits per heavy atom. The molecule has 1 amide bonds. The van der Waals surface area contributed by atoms with Gasteiger partial charge in [0.2, 0.25) is 5.91 Å². The van der Waals surface area contributed by atoms with Crippen LogP contribution in [0.15, 0.2) is 30.3 Å². The number of hydrogen-bond acceptors (Lipinski definition) is 3. The van der Waals surface area contributed by atoms with Crippen LogP contribution < -0.4 is 5.32 Å². The summed E-state index contributed by atoms with van der Waals surface area (Å²) < 4.78 is 0. The van der Waals surface area contributed by atoms with E-state index in [-0.39, 0.29) is 24.5 Å². The van der Waals surface area contributed by atoms with Gasteiger partial charge in [0.1, 0.15) is 6.04 Å². The van der Waals surface area contributed by atoms with Crippen molar-refractivity contribution < 1.29 is 19.5 Å². The largest absolute Gasteiger partial charge is 0.480 e. The highest BCUT2D eigenvalue weighted by Crippen LogP contribution is 2.07. The van der Waals surface area contributed by atoms with E-state index < -0.39 is 17.9 Å². The molecule has 1 aromatic carbocycles. The molecule has 0 unspecified atom stereocenters. The molecule has 0 saturated heterocycles. The Morgan fingerprint density at radius 1 is 1.10 bits per heavy atom. The number of carbonyl (C=O) groups excluding carboxylic acids is 2. The molecule has 5 heteroatoms. The molecule has 0 aliphatic carbocycles. The first kappa shape index (κ1) is 16.9. The van der Waals surface area contributed by atoms with Gasteiger partial charge in [-0.2, -0.15) is 0 Å². The predicted molar refractivity (Wildman–Crippen MR) is 79.0 cm³/mol. The highest BCUT2D eigenvalue weighted by molar-refractivity contribution is 5.98. The van der Waals surface area contributed by atoms with E-state index in [1.165, 1.54) is 0 Å². The summed E-state index contributed by atoms with van der Waals surface area (Å²) in [6.45, 7) is 3.78. The lowest BCUT2D eigenvalue weighted by atomic mass is 10.0. The minimum atomic E-state index is -1.05. The first-order valence-electron chi connectivity index (χ1n) is 7.00. The molecule has 1 rings (SSSR count). The molecule has 0 aromatic heterocycles. The van der Waals surface area contributed by atoms with Crippen molar-refractivity contribution in [3.8, 4) is 0 Å². The van der Waals surface area contributed by atoms with Crippen molar-refractivity contribution in [2.24, 2.45) is 5.92 Å². The van der Waals surface area contributed by atoms with Crippen LogP contribution in [-0.2, 0) is 9.59 Å². The molecule has 0 aliphatic rings. The van der Waals surface area contributed by atoms with Crippen LogP contribution >= 0.6 is 0 Å². The van der Waals surface area contributed by atoms with Crippen molar-refractivity contribution in [2.75, 3.05) is 0 Å². The number of carboxylic acid groups (broad SMARTS) is 1. The summed E-state index contributed by atoms with van der Waals surface area (Å²) in [6.07, 6.45) is 0.438. The number of nitrogens with one attached hydrogen (secondary N) is 1. The van der Waals surface area contributed by atoms with Gasteiger partial charge in [-0.05, 0) is 12.3 Å². The molecule has 2 N–H and O–H groups in total. The van der Waals surface area contributed by atoms with E-state index in [2.05, 4.69) is 5.32 Å². The second kappa shape index (κ2) is 8.19. The van der Waals surface area contributed by atoms with Gasteiger partial charge in [0.05, 0.1) is 0 Å². The first-order chi connectivity index (χ1) is 9.90. The Hall–Kier alpha value is -2.17. The third-order valence-corrected chi connectivity index (χ3v) is 3.02. The third kappa shape index (κ3) is 6.21. The molecular weight excluding hydrogens is 270 g/mol. The molecule has 0 saturated carbocycles. The molecule has 0 radical (unpaired) electrons. The fourth-order valence-corrected chi connectivity index (χ4v) is 1.95. The molecule has 0 fully saturated rings. The Labute approximate surface area is 124 Å². The second-order valence-electron chi connectivity index (χ2n) is 5.38. The summed E-state index contributed by atoms with van der Waals surface area (Å²) in [6, 6.07) is 7.82. The number of carbonyl (C=O) groups is 3. The van der Waals surface area contributed by atoms with Gasteiger partial charge >= 0.3 is 5.97 Å². The molecule has 0 heterocycles. The molecule has 21 heavy (non-hydrogen) atoms. The number of benzene rings is 1. The van der Waals surface area contributed by atoms with Crippen LogP contribution in [0.3, 0.4) is 0 Å². The van der Waals surface area contributed by atoms with Gasteiger partial charge in [0.15, 0.2) is 5.78 Å². The summed E-state index contributed by atoms with van der Waals surface area (Å²) in [5.74, 6) is -1.42. The number of aliphatic carboxylic acids is 1. The Kier molecular flexibility index (Phi) is 6.59. The topological polar surface area (TPSA) is 83.5 Å². The maximum Gasteiger partial charge on any atom is 0.326 e. The van der Waals surface area contributed by atoms with E-state index in [4.69, 9.17) is 5.11 Å². The van der Waals surface area contributed by atoms with Crippen molar-refractivity contribution in [1.29, 1.82) is 0 Å². The van der Waals surface area contributed by atoms with Crippen LogP contribution in [-0.4, -0.2) is 28.8 Å². The number of amides is 1. The van der Waals surface area contributed by atoms with Gasteiger partial charge in [0, 0.05) is 18.4 Å². The Morgan fingerprint density at radius 2 is 1.71 bits per heavy atom. The molecule has 114 valence electrons. The molecule has 0 aliphatic heterocycles. The van der Waals surface area contributed by atoms with Crippen molar-refractivity contribution in [2.45, 2.75) is 39.2 Å². The lowest BCUT2D eigenvalue weighted by Crippen LogP contribution is -2.41. The number of rotatable bonds is 8. The molecule has 1 aromatic rings. The van der Waals surface area contributed by atoms with Crippen molar-refractivity contribution in [3.63, 3.8) is 0 Å². The van der Waals surface area contributed by atoms with Gasteiger partial charge in [-0.25, -0.2) is 4.79 Å². The van der Waals surface area contributed by atoms with E-state index in [1.54, 1.807) is 24.3 Å². The third-order valence-electron chi connectivity index (χ3n) is 3.02. The quantitative estimate of drug-likeness (QED) is 0.720. The number of hydrogen-bond donors (Lipinski definition) is 2. The maximum atomic E-state index is 11.9. The van der Waals surface area contributed by atoms with Crippen LogP contribution in [0.25, 0.3) is 0 Å². The molecule has 0 bridgehead atoms. The van der Waals surface area contributed by atoms with E-state index in [1.807, 2.05) is 19.9 Å². The summed E-state index contributed by atoms with van der Waals surface area (Å²) >= 11 is 0. The Balaban J connectivity index is 2.46. The summed E-state index contributed by atoms with van der Waals surface area (Å²) in [4.78, 5) is 34.6. The van der Waals surface area contributed by atoms with Crippen molar-refractivity contribution in [1.82, 2.24) is 5.32 Å². The minimum Gasteiger partial charge on any atom is -0.480 e. The zero-order valence-electron chi connectivity index (χ0n) is 12.3. The molecular formula is C16H21NO4. The van der Waals surface area contributed by atoms with Gasteiger partial charge in [0.25, 0.3) is 0 Å². The van der Waals surface area contributed by atoms with E-state index >= 15 is 0 Å². The maximum absolute atomic E-state index is 11.9. The van der Waals surface area contributed by atoms with Crippen LogP contribution in [0.1, 0.15) is 43.5 Å². The van der Waals surface area contributed by atoms with Crippen molar-refractivity contribution in [3.05, 3.63) is 35.9 Å². The fourth-order valence-electron chi connectivity index (χ4n) is 1.95. The second-order valence-corrected chi connectivity index (χ2v) is 5.38. The lowest BCUT2D eigenvalue weighted by molar-refractivity contribution is -0.142. The Bertz CT molecular complexity index is 496. The van der Waals surface area contributed by atoms with Gasteiger partial charge in [-0.3, -0.25) is 9.59 Å². The average Bonchev–Trinajstić information content (AvgIpc) is 2.44. The van der Waals surface area contributed by atoms with Crippen LogP contribution in [0.4, 0.5) is 0 Å². The normalized spacial score (nSPS) is 12.0. The number of carboxylic acids is 1. The van der Waals surface area contributed by atoms with E-state index in [0.29, 0.717) is 12.0 Å². The highest BCUT2D eigenvalue weighted by Gasteiger charge is 2.21. The minimum absolute atomic E-state index is 0.00436. The van der Waals surface area contributed by atoms with Crippen LogP contribution in [0.5, 0.6) is 0 Å². The number of Topliss-reactive ketones (excluding diaryl/α,β-unsaturated/α-hetero) is 1. The van der Waals surface area contributed by atoms with E-state index in [0.717, 1.165) is 0 Å². The number of ketones is 1. The first-order valence-corrected chi connectivity index (χ1v) is 7.00. The lowest BCUT2D eigenvalue weighted by Gasteiger charge is -2.16. The SMILES string of the molecule is CC(C)C[C@H](NC(=O)CCC(=O)c1ccccc1)C(=O)O. The summed E-state index contributed by atoms with van der Waals surface area (Å²) in [5, 5.41) is 11.5. The van der Waals surface area contributed by atoms with Crippen LogP contribution in [0, 0.1) is 5.92 Å². The molecule has 1 atom stereocenters. The van der Waals surface area contributed by atoms with Gasteiger partial charge in [-0.15, -0.1) is 0 Å². The van der Waals surface area contributed by atoms with Gasteiger partial charge in [-0.1, -0.05) is 44.2 Å².